The number of primary amides is 2. The maximum absolute atomic E-state index is 12.4. The molecule has 4 amide bonds. The van der Waals surface area contributed by atoms with E-state index in [0.29, 0.717) is 60.9 Å². The second-order valence-corrected chi connectivity index (χ2v) is 16.8. The summed E-state index contributed by atoms with van der Waals surface area (Å²) in [6.07, 6.45) is 9.10. The van der Waals surface area contributed by atoms with Crippen LogP contribution < -0.4 is 22.1 Å². The number of fused-ring (bicyclic) bond motifs is 2. The van der Waals surface area contributed by atoms with Crippen molar-refractivity contribution in [1.82, 2.24) is 49.3 Å². The van der Waals surface area contributed by atoms with Gasteiger partial charge in [-0.2, -0.15) is 10.2 Å². The van der Waals surface area contributed by atoms with Crippen molar-refractivity contribution >= 4 is 73.3 Å². The molecule has 0 saturated carbocycles. The second-order valence-electron chi connectivity index (χ2n) is 16.1. The van der Waals surface area contributed by atoms with Gasteiger partial charge in [0, 0.05) is 52.5 Å². The number of aromatic nitrogens is 8. The van der Waals surface area contributed by atoms with Crippen LogP contribution in [0.15, 0.2) is 66.3 Å². The van der Waals surface area contributed by atoms with Crippen LogP contribution >= 0.6 is 15.9 Å². The second kappa shape index (κ2) is 22.4. The van der Waals surface area contributed by atoms with E-state index >= 15 is 0 Å². The number of amides is 4. The lowest BCUT2D eigenvalue weighted by Gasteiger charge is -2.22. The van der Waals surface area contributed by atoms with Gasteiger partial charge in [-0.15, -0.1) is 6.42 Å². The van der Waals surface area contributed by atoms with Gasteiger partial charge >= 0.3 is 0 Å². The average Bonchev–Trinajstić information content (AvgIpc) is 4.19. The molecule has 2 fully saturated rings. The number of hydrogen-bond acceptors (Lipinski definition) is 12. The Balaban J connectivity index is 0.000000191. The number of methoxy groups -OCH3 is 2. The number of likely N-dealkylation sites (tertiary alicyclic amines) is 2. The van der Waals surface area contributed by atoms with E-state index in [0.717, 1.165) is 44.8 Å². The molecule has 69 heavy (non-hydrogen) atoms. The molecule has 6 aromatic rings. The van der Waals surface area contributed by atoms with E-state index in [1.165, 1.54) is 12.2 Å². The highest BCUT2D eigenvalue weighted by atomic mass is 79.9. The van der Waals surface area contributed by atoms with Crippen molar-refractivity contribution in [2.24, 2.45) is 11.5 Å². The summed E-state index contributed by atoms with van der Waals surface area (Å²) in [4.78, 5) is 66.8. The molecule has 6 heterocycles. The van der Waals surface area contributed by atoms with E-state index in [1.54, 1.807) is 47.5 Å². The van der Waals surface area contributed by atoms with Crippen LogP contribution in [-0.4, -0.2) is 140 Å². The third-order valence-electron chi connectivity index (χ3n) is 11.5. The average molecular weight is 1000 g/mol. The van der Waals surface area contributed by atoms with Gasteiger partial charge in [-0.25, -0.2) is 19.3 Å². The minimum absolute atomic E-state index is 0.0693. The lowest BCUT2D eigenvalue weighted by Crippen LogP contribution is -2.37. The van der Waals surface area contributed by atoms with Gasteiger partial charge in [0.2, 0.25) is 11.8 Å². The van der Waals surface area contributed by atoms with Crippen molar-refractivity contribution < 1.29 is 28.7 Å². The summed E-state index contributed by atoms with van der Waals surface area (Å²) in [5.41, 5.74) is 17.2. The Bertz CT molecular complexity index is 3020. The maximum atomic E-state index is 12.4. The molecular formula is C48H55BrN14O6. The highest BCUT2D eigenvalue weighted by Crippen LogP contribution is 2.35. The predicted octanol–water partition coefficient (Wildman–Crippen LogP) is 4.20. The van der Waals surface area contributed by atoms with Crippen molar-refractivity contribution in [2.75, 3.05) is 65.3 Å². The minimum atomic E-state index is -0.634. The predicted molar refractivity (Wildman–Crippen MR) is 266 cm³/mol. The SMILES string of the molecule is C#Cc1ccc2nc(C)[nH]c2c1.C=CC(=O)N1C[C@@H](n2nc(Br)c(C(N)=O)c2NC)C[C@@H]1COC.C=CC(=O)N1C[C@@H](n2nc(C#Cc3ccc4nc(C)[nH]c4c3)c(C(N)=O)c2NC)C[C@@H]1COC. The highest BCUT2D eigenvalue weighted by molar-refractivity contribution is 9.10. The molecule has 2 aliphatic heterocycles. The van der Waals surface area contributed by atoms with Crippen molar-refractivity contribution in [3.63, 3.8) is 0 Å². The fourth-order valence-electron chi connectivity index (χ4n) is 8.57. The maximum Gasteiger partial charge on any atom is 0.255 e. The number of imidazole rings is 2. The molecule has 0 spiro atoms. The number of nitrogens with zero attached hydrogens (tertiary/aromatic N) is 8. The number of aromatic amines is 2. The first-order valence-electron chi connectivity index (χ1n) is 21.7. The van der Waals surface area contributed by atoms with Gasteiger partial charge in [0.15, 0.2) is 5.69 Å². The molecular weight excluding hydrogens is 949 g/mol. The van der Waals surface area contributed by atoms with Gasteiger partial charge in [0.25, 0.3) is 11.8 Å². The number of nitrogens with two attached hydrogens (primary N) is 2. The molecule has 0 unspecified atom stereocenters. The minimum Gasteiger partial charge on any atom is -0.383 e. The molecule has 2 aliphatic rings. The number of benzene rings is 2. The summed E-state index contributed by atoms with van der Waals surface area (Å²) in [7, 11) is 6.58. The zero-order valence-corrected chi connectivity index (χ0v) is 40.8. The number of terminal acetylenes is 1. The molecule has 4 aromatic heterocycles. The Morgan fingerprint density at radius 3 is 1.70 bits per heavy atom. The van der Waals surface area contributed by atoms with Crippen molar-refractivity contribution in [1.29, 1.82) is 0 Å². The molecule has 2 aromatic carbocycles. The van der Waals surface area contributed by atoms with E-state index in [2.05, 4.69) is 87.6 Å². The largest absolute Gasteiger partial charge is 0.383 e. The van der Waals surface area contributed by atoms with E-state index in [1.807, 2.05) is 50.2 Å². The third kappa shape index (κ3) is 11.2. The van der Waals surface area contributed by atoms with Crippen molar-refractivity contribution in [3.05, 3.63) is 106 Å². The van der Waals surface area contributed by atoms with Gasteiger partial charge in [-0.3, -0.25) is 19.2 Å². The zero-order valence-electron chi connectivity index (χ0n) is 39.2. The van der Waals surface area contributed by atoms with Crippen LogP contribution in [0.1, 0.15) is 74.1 Å². The normalized spacial score (nSPS) is 17.2. The van der Waals surface area contributed by atoms with Gasteiger partial charge in [0.05, 0.1) is 59.4 Å². The van der Waals surface area contributed by atoms with E-state index in [-0.39, 0.29) is 47.2 Å². The van der Waals surface area contributed by atoms with Crippen molar-refractivity contribution in [2.45, 2.75) is 50.9 Å². The number of ether oxygens (including phenoxy) is 2. The van der Waals surface area contributed by atoms with Gasteiger partial charge < -0.3 is 51.3 Å². The smallest absolute Gasteiger partial charge is 0.255 e. The molecule has 21 heteroatoms. The molecule has 8 rings (SSSR count). The molecule has 2 saturated heterocycles. The summed E-state index contributed by atoms with van der Waals surface area (Å²) < 4.78 is 14.3. The van der Waals surface area contributed by atoms with E-state index < -0.39 is 11.8 Å². The Labute approximate surface area is 407 Å². The molecule has 0 radical (unpaired) electrons. The number of anilines is 2. The van der Waals surface area contributed by atoms with Crippen LogP contribution in [-0.2, 0) is 19.1 Å². The molecule has 20 nitrogen and oxygen atoms in total. The number of hydrogen-bond donors (Lipinski definition) is 6. The van der Waals surface area contributed by atoms with Gasteiger partial charge in [-0.1, -0.05) is 25.0 Å². The number of carbonyl (C=O) groups excluding carboxylic acids is 4. The molecule has 360 valence electrons. The quantitative estimate of drug-likeness (QED) is 0.0745. The molecule has 0 aliphatic carbocycles. The number of carbonyl (C=O) groups is 4. The number of rotatable bonds is 12. The van der Waals surface area contributed by atoms with Crippen LogP contribution in [0.25, 0.3) is 22.1 Å². The van der Waals surface area contributed by atoms with Crippen LogP contribution in [0.3, 0.4) is 0 Å². The van der Waals surface area contributed by atoms with Crippen LogP contribution in [0, 0.1) is 38.0 Å². The topological polar surface area (TPSA) is 262 Å². The van der Waals surface area contributed by atoms with Crippen LogP contribution in [0.2, 0.25) is 0 Å². The van der Waals surface area contributed by atoms with E-state index in [4.69, 9.17) is 27.4 Å². The lowest BCUT2D eigenvalue weighted by atomic mass is 10.1. The standard InChI is InChI=1S/C24H27N7O3.C14H20BrN5O3.C10H8N2/c1-5-21(32)30-12-16(11-17(30)13-34-4)31-24(26-3)22(23(25)33)19(29-31)9-7-15-6-8-18-20(10-15)28-14(2)27-18;1-4-10(21)19-6-8(5-9(19)7-23-3)20-14(17-2)11(13(16)22)12(15)18-20;1-3-8-4-5-9-10(6-8)12-7(2)11-9/h5-6,8,10,16-17,26H,1,11-13H2,2-4H3,(H2,25,33)(H,27,28);4,8-9,17H,1,5-7H2,2-3H3,(H2,16,22);1,4-6H,2H3,(H,11,12)/t16-,17+;8-,9+;/m00./s1. The monoisotopic (exact) mass is 1000 g/mol. The Morgan fingerprint density at radius 1 is 0.783 bits per heavy atom. The van der Waals surface area contributed by atoms with Crippen LogP contribution in [0.5, 0.6) is 0 Å². The number of halogens is 1. The number of aryl methyl sites for hydroxylation is 2. The summed E-state index contributed by atoms with van der Waals surface area (Å²) in [5.74, 6) is 9.85. The first kappa shape index (κ1) is 50.7. The summed E-state index contributed by atoms with van der Waals surface area (Å²) >= 11 is 3.27. The fraction of sp³-hybridized carbons (Fsp3) is 0.333. The summed E-state index contributed by atoms with van der Waals surface area (Å²) in [6.45, 7) is 12.6. The fourth-order valence-corrected chi connectivity index (χ4v) is 9.13. The van der Waals surface area contributed by atoms with Gasteiger partial charge in [0.1, 0.15) is 39.0 Å². The van der Waals surface area contributed by atoms with E-state index in [9.17, 15) is 19.2 Å². The molecule has 8 N–H and O–H groups in total. The molecule has 4 atom stereocenters. The lowest BCUT2D eigenvalue weighted by molar-refractivity contribution is -0.128. The van der Waals surface area contributed by atoms with Crippen LogP contribution in [0.4, 0.5) is 11.6 Å². The molecule has 0 bridgehead atoms. The number of H-pyrrole nitrogens is 2. The first-order chi connectivity index (χ1) is 33.1. The summed E-state index contributed by atoms with van der Waals surface area (Å²) in [6, 6.07) is 10.9. The van der Waals surface area contributed by atoms with Crippen molar-refractivity contribution in [3.8, 4) is 24.2 Å². The number of nitrogens with one attached hydrogen (secondary N) is 4. The Kier molecular flexibility index (Phi) is 16.4. The summed E-state index contributed by atoms with van der Waals surface area (Å²) in [5, 5.41) is 15.0. The Morgan fingerprint density at radius 2 is 1.25 bits per heavy atom. The highest BCUT2D eigenvalue weighted by Gasteiger charge is 2.39. The first-order valence-corrected chi connectivity index (χ1v) is 22.5. The Hall–Kier alpha value is -7.72. The zero-order chi connectivity index (χ0) is 50.1. The third-order valence-corrected chi connectivity index (χ3v) is 12.1. The van der Waals surface area contributed by atoms with Gasteiger partial charge in [-0.05, 0) is 97.1 Å².